The number of rotatable bonds is 6. The molecule has 0 aliphatic carbocycles. The van der Waals surface area contributed by atoms with E-state index < -0.39 is 0 Å². The molecule has 1 heterocycles. The molecule has 0 saturated heterocycles. The number of nitriles is 1. The summed E-state index contributed by atoms with van der Waals surface area (Å²) >= 11 is 1.19. The summed E-state index contributed by atoms with van der Waals surface area (Å²) in [6, 6.07) is 17.8. The van der Waals surface area contributed by atoms with E-state index in [4.69, 9.17) is 0 Å². The maximum absolute atomic E-state index is 12.4. The molecule has 1 aliphatic rings. The fourth-order valence-corrected chi connectivity index (χ4v) is 4.17. The van der Waals surface area contributed by atoms with Gasteiger partial charge in [0.05, 0.1) is 22.4 Å². The van der Waals surface area contributed by atoms with Crippen molar-refractivity contribution in [1.29, 1.82) is 5.26 Å². The summed E-state index contributed by atoms with van der Waals surface area (Å²) in [5.41, 5.74) is 4.41. The number of amides is 2. The van der Waals surface area contributed by atoms with Crippen LogP contribution in [0.2, 0.25) is 0 Å². The minimum Gasteiger partial charge on any atom is -0.325 e. The number of benzene rings is 2. The van der Waals surface area contributed by atoms with Crippen LogP contribution < -0.4 is 10.6 Å². The van der Waals surface area contributed by atoms with Crippen LogP contribution in [0.4, 0.5) is 5.69 Å². The number of carbonyl (C=O) groups excluding carboxylic acids is 2. The summed E-state index contributed by atoms with van der Waals surface area (Å²) in [4.78, 5) is 24.7. The third kappa shape index (κ3) is 5.07. The molecule has 2 amide bonds. The van der Waals surface area contributed by atoms with Gasteiger partial charge in [0.2, 0.25) is 11.8 Å². The fraction of sp³-hybridized carbons (Fsp3) is 0.261. The second-order valence-corrected chi connectivity index (χ2v) is 7.90. The molecule has 0 fully saturated rings. The van der Waals surface area contributed by atoms with Crippen molar-refractivity contribution in [3.63, 3.8) is 0 Å². The van der Waals surface area contributed by atoms with E-state index in [2.05, 4.69) is 16.7 Å². The summed E-state index contributed by atoms with van der Waals surface area (Å²) in [7, 11) is 0. The largest absolute Gasteiger partial charge is 0.325 e. The number of anilines is 1. The molecule has 5 nitrogen and oxygen atoms in total. The van der Waals surface area contributed by atoms with Gasteiger partial charge in [0.1, 0.15) is 0 Å². The number of hydrogen-bond donors (Lipinski definition) is 2. The number of nitrogens with zero attached hydrogens (tertiary/aromatic N) is 1. The molecule has 29 heavy (non-hydrogen) atoms. The van der Waals surface area contributed by atoms with Crippen molar-refractivity contribution in [3.05, 3.63) is 75.8 Å². The highest BCUT2D eigenvalue weighted by Gasteiger charge is 2.29. The van der Waals surface area contributed by atoms with Crippen LogP contribution in [-0.4, -0.2) is 17.6 Å². The molecular formula is C23H23N3O2S. The zero-order valence-corrected chi connectivity index (χ0v) is 17.3. The zero-order valence-electron chi connectivity index (χ0n) is 16.5. The average Bonchev–Trinajstić information content (AvgIpc) is 2.72. The lowest BCUT2D eigenvalue weighted by Crippen LogP contribution is -2.31. The van der Waals surface area contributed by atoms with Gasteiger partial charge in [-0.1, -0.05) is 66.7 Å². The Morgan fingerprint density at radius 2 is 1.97 bits per heavy atom. The zero-order chi connectivity index (χ0) is 20.8. The van der Waals surface area contributed by atoms with Gasteiger partial charge in [-0.3, -0.25) is 9.59 Å². The molecule has 0 unspecified atom stereocenters. The molecular weight excluding hydrogens is 382 g/mol. The van der Waals surface area contributed by atoms with Gasteiger partial charge in [-0.05, 0) is 30.5 Å². The summed E-state index contributed by atoms with van der Waals surface area (Å²) in [5.74, 6) is -0.499. The van der Waals surface area contributed by atoms with E-state index in [1.54, 1.807) is 0 Å². The van der Waals surface area contributed by atoms with Gasteiger partial charge < -0.3 is 10.6 Å². The highest BCUT2D eigenvalue weighted by atomic mass is 32.2. The van der Waals surface area contributed by atoms with Crippen molar-refractivity contribution in [3.8, 4) is 6.07 Å². The Hall–Kier alpha value is -3.04. The average molecular weight is 406 g/mol. The maximum Gasteiger partial charge on any atom is 0.234 e. The normalized spacial score (nSPS) is 16.2. The van der Waals surface area contributed by atoms with Crippen molar-refractivity contribution >= 4 is 29.3 Å². The number of thioether (sulfide) groups is 1. The van der Waals surface area contributed by atoms with Crippen LogP contribution in [0.1, 0.15) is 36.0 Å². The molecule has 0 spiro atoms. The first-order chi connectivity index (χ1) is 14.0. The van der Waals surface area contributed by atoms with Gasteiger partial charge in [0.15, 0.2) is 0 Å². The molecule has 2 N–H and O–H groups in total. The lowest BCUT2D eigenvalue weighted by Gasteiger charge is -2.25. The van der Waals surface area contributed by atoms with Crippen molar-refractivity contribution < 1.29 is 9.59 Å². The van der Waals surface area contributed by atoms with Crippen LogP contribution in [0.5, 0.6) is 0 Å². The summed E-state index contributed by atoms with van der Waals surface area (Å²) in [6.07, 6.45) is 1.05. The molecule has 3 rings (SSSR count). The van der Waals surface area contributed by atoms with Crippen LogP contribution in [-0.2, 0) is 16.0 Å². The summed E-state index contributed by atoms with van der Waals surface area (Å²) in [6.45, 7) is 4.03. The number of aryl methyl sites for hydroxylation is 2. The molecule has 0 aromatic heterocycles. The Morgan fingerprint density at radius 1 is 1.24 bits per heavy atom. The molecule has 0 bridgehead atoms. The minimum absolute atomic E-state index is 0.111. The van der Waals surface area contributed by atoms with Gasteiger partial charge in [-0.25, -0.2) is 0 Å². The highest BCUT2D eigenvalue weighted by molar-refractivity contribution is 8.03. The van der Waals surface area contributed by atoms with Gasteiger partial charge in [0.25, 0.3) is 0 Å². The Bertz CT molecular complexity index is 990. The Kier molecular flexibility index (Phi) is 6.73. The van der Waals surface area contributed by atoms with E-state index in [9.17, 15) is 14.9 Å². The molecule has 6 heteroatoms. The third-order valence-corrected chi connectivity index (χ3v) is 5.87. The van der Waals surface area contributed by atoms with Crippen molar-refractivity contribution in [1.82, 2.24) is 5.32 Å². The third-order valence-electron chi connectivity index (χ3n) is 4.86. The lowest BCUT2D eigenvalue weighted by atomic mass is 9.87. The van der Waals surface area contributed by atoms with E-state index in [-0.39, 0.29) is 29.9 Å². The number of para-hydroxylation sites is 1. The smallest absolute Gasteiger partial charge is 0.234 e. The molecule has 0 radical (unpaired) electrons. The predicted octanol–water partition coefficient (Wildman–Crippen LogP) is 4.27. The van der Waals surface area contributed by atoms with Crippen molar-refractivity contribution in [2.75, 3.05) is 11.1 Å². The van der Waals surface area contributed by atoms with Crippen LogP contribution in [0, 0.1) is 18.3 Å². The van der Waals surface area contributed by atoms with E-state index in [1.165, 1.54) is 11.8 Å². The highest BCUT2D eigenvalue weighted by Crippen LogP contribution is 2.36. The van der Waals surface area contributed by atoms with Crippen LogP contribution in [0.15, 0.2) is 59.1 Å². The maximum atomic E-state index is 12.4. The quantitative estimate of drug-likeness (QED) is 0.752. The monoisotopic (exact) mass is 405 g/mol. The summed E-state index contributed by atoms with van der Waals surface area (Å²) < 4.78 is 0. The van der Waals surface area contributed by atoms with E-state index in [0.717, 1.165) is 28.8 Å². The standard InChI is InChI=1S/C23H23N3O2S/c1-3-16-6-4-5-7-20(16)25-22(28)14-29-23-19(13-24)18(12-21(27)26-23)17-10-8-15(2)9-11-17/h4-11,18H,3,12,14H2,1-2H3,(H,25,28)(H,26,27)/t18-/m0/s1. The lowest BCUT2D eigenvalue weighted by molar-refractivity contribution is -0.121. The molecule has 1 aliphatic heterocycles. The number of carbonyl (C=O) groups is 2. The van der Waals surface area contributed by atoms with E-state index in [0.29, 0.717) is 10.6 Å². The molecule has 148 valence electrons. The molecule has 2 aromatic carbocycles. The van der Waals surface area contributed by atoms with Gasteiger partial charge >= 0.3 is 0 Å². The molecule has 1 atom stereocenters. The minimum atomic E-state index is -0.291. The van der Waals surface area contributed by atoms with Gasteiger partial charge in [-0.2, -0.15) is 5.26 Å². The van der Waals surface area contributed by atoms with E-state index in [1.807, 2.05) is 62.4 Å². The second-order valence-electron chi connectivity index (χ2n) is 6.92. The second kappa shape index (κ2) is 9.44. The first-order valence-electron chi connectivity index (χ1n) is 9.53. The van der Waals surface area contributed by atoms with Gasteiger partial charge in [-0.15, -0.1) is 0 Å². The molecule has 0 saturated carbocycles. The predicted molar refractivity (Wildman–Crippen MR) is 116 cm³/mol. The number of allylic oxidation sites excluding steroid dienone is 1. The van der Waals surface area contributed by atoms with Crippen molar-refractivity contribution in [2.24, 2.45) is 0 Å². The van der Waals surface area contributed by atoms with Crippen LogP contribution in [0.3, 0.4) is 0 Å². The van der Waals surface area contributed by atoms with Crippen LogP contribution in [0.25, 0.3) is 0 Å². The SMILES string of the molecule is CCc1ccccc1NC(=O)CSC1=C(C#N)[C@H](c2ccc(C)cc2)CC(=O)N1. The van der Waals surface area contributed by atoms with Crippen LogP contribution >= 0.6 is 11.8 Å². The van der Waals surface area contributed by atoms with Gasteiger partial charge in [0, 0.05) is 18.0 Å². The Labute approximate surface area is 175 Å². The fourth-order valence-electron chi connectivity index (χ4n) is 3.29. The Morgan fingerprint density at radius 3 is 2.66 bits per heavy atom. The first-order valence-corrected chi connectivity index (χ1v) is 10.5. The molecule has 2 aromatic rings. The first kappa shape index (κ1) is 20.7. The van der Waals surface area contributed by atoms with E-state index >= 15 is 0 Å². The Balaban J connectivity index is 1.75. The topological polar surface area (TPSA) is 82.0 Å². The summed E-state index contributed by atoms with van der Waals surface area (Å²) in [5, 5.41) is 15.9. The number of nitrogens with one attached hydrogen (secondary N) is 2. The number of hydrogen-bond acceptors (Lipinski definition) is 4. The van der Waals surface area contributed by atoms with Crippen molar-refractivity contribution in [2.45, 2.75) is 32.6 Å².